The van der Waals surface area contributed by atoms with Crippen molar-refractivity contribution in [3.63, 3.8) is 0 Å². The molecule has 0 spiro atoms. The fraction of sp³-hybridized carbons (Fsp3) is 0.929. The number of nitrogens with one attached hydrogen (secondary N) is 3. The fourth-order valence-electron chi connectivity index (χ4n) is 2.11. The predicted molar refractivity (Wildman–Crippen MR) is 77.3 cm³/mol. The molecule has 5 heteroatoms. The average molecular weight is 271 g/mol. The smallest absolute Gasteiger partial charge is 0.407 e. The molecular weight excluding hydrogens is 242 g/mol. The van der Waals surface area contributed by atoms with Crippen molar-refractivity contribution in [1.29, 1.82) is 0 Å². The molecule has 0 saturated carbocycles. The van der Waals surface area contributed by atoms with E-state index in [1.807, 2.05) is 20.8 Å². The Balaban J connectivity index is 1.92. The number of alkyl carbamates (subject to hydrolysis) is 1. The second kappa shape index (κ2) is 8.38. The van der Waals surface area contributed by atoms with Crippen molar-refractivity contribution in [2.45, 2.75) is 45.6 Å². The van der Waals surface area contributed by atoms with Crippen LogP contribution in [0.1, 0.15) is 40.0 Å². The minimum absolute atomic E-state index is 0.328. The number of carbonyl (C=O) groups excluding carboxylic acids is 1. The van der Waals surface area contributed by atoms with E-state index < -0.39 is 5.60 Å². The van der Waals surface area contributed by atoms with Gasteiger partial charge in [-0.15, -0.1) is 0 Å². The zero-order valence-corrected chi connectivity index (χ0v) is 12.6. The van der Waals surface area contributed by atoms with E-state index in [9.17, 15) is 4.79 Å². The van der Waals surface area contributed by atoms with Crippen LogP contribution >= 0.6 is 0 Å². The van der Waals surface area contributed by atoms with Gasteiger partial charge in [-0.2, -0.15) is 0 Å². The van der Waals surface area contributed by atoms with Crippen molar-refractivity contribution < 1.29 is 9.53 Å². The monoisotopic (exact) mass is 271 g/mol. The van der Waals surface area contributed by atoms with E-state index in [2.05, 4.69) is 16.0 Å². The van der Waals surface area contributed by atoms with E-state index in [1.165, 1.54) is 12.8 Å². The highest BCUT2D eigenvalue weighted by molar-refractivity contribution is 5.67. The maximum Gasteiger partial charge on any atom is 0.407 e. The van der Waals surface area contributed by atoms with Crippen LogP contribution < -0.4 is 16.0 Å². The van der Waals surface area contributed by atoms with Gasteiger partial charge in [0.2, 0.25) is 0 Å². The summed E-state index contributed by atoms with van der Waals surface area (Å²) in [6.07, 6.45) is 3.14. The van der Waals surface area contributed by atoms with Crippen molar-refractivity contribution in [3.05, 3.63) is 0 Å². The maximum atomic E-state index is 11.4. The molecule has 5 nitrogen and oxygen atoms in total. The molecule has 0 bridgehead atoms. The number of hydrogen-bond acceptors (Lipinski definition) is 4. The third-order valence-electron chi connectivity index (χ3n) is 3.09. The molecule has 112 valence electrons. The second-order valence-corrected chi connectivity index (χ2v) is 6.18. The minimum Gasteiger partial charge on any atom is -0.444 e. The summed E-state index contributed by atoms with van der Waals surface area (Å²) in [5.41, 5.74) is -0.419. The van der Waals surface area contributed by atoms with E-state index in [4.69, 9.17) is 4.74 Å². The molecule has 19 heavy (non-hydrogen) atoms. The third kappa shape index (κ3) is 8.83. The Kier molecular flexibility index (Phi) is 7.16. The molecule has 0 unspecified atom stereocenters. The Labute approximate surface area is 116 Å². The first-order valence-corrected chi connectivity index (χ1v) is 7.35. The Morgan fingerprint density at radius 3 is 2.58 bits per heavy atom. The molecule has 1 aliphatic heterocycles. The number of rotatable bonds is 6. The Bertz CT molecular complexity index is 258. The molecule has 0 aromatic carbocycles. The van der Waals surface area contributed by atoms with Gasteiger partial charge in [0.1, 0.15) is 5.60 Å². The van der Waals surface area contributed by atoms with Crippen molar-refractivity contribution in [2.24, 2.45) is 5.92 Å². The number of piperidine rings is 1. The summed E-state index contributed by atoms with van der Waals surface area (Å²) >= 11 is 0. The lowest BCUT2D eigenvalue weighted by Crippen LogP contribution is -2.35. The van der Waals surface area contributed by atoms with Gasteiger partial charge in [-0.25, -0.2) is 4.79 Å². The Hall–Kier alpha value is -0.810. The number of amides is 1. The fourth-order valence-corrected chi connectivity index (χ4v) is 2.11. The topological polar surface area (TPSA) is 62.4 Å². The normalized spacial score (nSPS) is 17.2. The molecular formula is C14H29N3O2. The van der Waals surface area contributed by atoms with Gasteiger partial charge in [0, 0.05) is 6.54 Å². The summed E-state index contributed by atoms with van der Waals surface area (Å²) in [5.74, 6) is 0.806. The summed E-state index contributed by atoms with van der Waals surface area (Å²) in [6.45, 7) is 10.6. The first-order chi connectivity index (χ1) is 8.97. The molecule has 0 radical (unpaired) electrons. The lowest BCUT2D eigenvalue weighted by atomic mass is 9.98. The van der Waals surface area contributed by atoms with Crippen LogP contribution in [0.5, 0.6) is 0 Å². The van der Waals surface area contributed by atoms with Gasteiger partial charge in [-0.1, -0.05) is 0 Å². The van der Waals surface area contributed by atoms with Crippen molar-refractivity contribution in [1.82, 2.24) is 16.0 Å². The highest BCUT2D eigenvalue weighted by atomic mass is 16.6. The highest BCUT2D eigenvalue weighted by Gasteiger charge is 2.15. The molecule has 1 saturated heterocycles. The molecule has 1 heterocycles. The zero-order valence-electron chi connectivity index (χ0n) is 12.6. The second-order valence-electron chi connectivity index (χ2n) is 6.18. The number of hydrogen-bond donors (Lipinski definition) is 3. The molecule has 1 aliphatic rings. The molecule has 3 N–H and O–H groups in total. The zero-order chi connectivity index (χ0) is 14.1. The van der Waals surface area contributed by atoms with E-state index in [0.717, 1.165) is 38.5 Å². The SMILES string of the molecule is CC(C)(C)OC(=O)NCCCNCC1CCNCC1. The van der Waals surface area contributed by atoms with Crippen LogP contribution in [0.2, 0.25) is 0 Å². The lowest BCUT2D eigenvalue weighted by Gasteiger charge is -2.23. The van der Waals surface area contributed by atoms with Crippen molar-refractivity contribution >= 4 is 6.09 Å². The van der Waals surface area contributed by atoms with Crippen LogP contribution in [0.3, 0.4) is 0 Å². The molecule has 1 rings (SSSR count). The largest absolute Gasteiger partial charge is 0.444 e. The molecule has 1 amide bonds. The summed E-state index contributed by atoms with van der Waals surface area (Å²) in [7, 11) is 0. The Morgan fingerprint density at radius 2 is 1.95 bits per heavy atom. The number of carbonyl (C=O) groups is 1. The molecule has 0 aliphatic carbocycles. The highest BCUT2D eigenvalue weighted by Crippen LogP contribution is 2.09. The van der Waals surface area contributed by atoms with Gasteiger partial charge in [0.05, 0.1) is 0 Å². The lowest BCUT2D eigenvalue weighted by molar-refractivity contribution is 0.0527. The van der Waals surface area contributed by atoms with Gasteiger partial charge in [-0.05, 0) is 72.1 Å². The van der Waals surface area contributed by atoms with Gasteiger partial charge in [-0.3, -0.25) is 0 Å². The van der Waals surface area contributed by atoms with Crippen LogP contribution in [0.4, 0.5) is 4.79 Å². The first-order valence-electron chi connectivity index (χ1n) is 7.35. The van der Waals surface area contributed by atoms with E-state index in [-0.39, 0.29) is 6.09 Å². The molecule has 0 aromatic rings. The van der Waals surface area contributed by atoms with Crippen LogP contribution in [-0.4, -0.2) is 44.4 Å². The summed E-state index contributed by atoms with van der Waals surface area (Å²) < 4.78 is 5.16. The predicted octanol–water partition coefficient (Wildman–Crippen LogP) is 1.49. The molecule has 0 atom stereocenters. The first kappa shape index (κ1) is 16.2. The van der Waals surface area contributed by atoms with Crippen molar-refractivity contribution in [2.75, 3.05) is 32.7 Å². The van der Waals surface area contributed by atoms with Gasteiger partial charge in [0.25, 0.3) is 0 Å². The van der Waals surface area contributed by atoms with Gasteiger partial charge < -0.3 is 20.7 Å². The maximum absolute atomic E-state index is 11.4. The van der Waals surface area contributed by atoms with Crippen LogP contribution in [0, 0.1) is 5.92 Å². The average Bonchev–Trinajstić information content (AvgIpc) is 2.32. The molecule has 1 fully saturated rings. The minimum atomic E-state index is -0.419. The van der Waals surface area contributed by atoms with Crippen molar-refractivity contribution in [3.8, 4) is 0 Å². The quantitative estimate of drug-likeness (QED) is 0.641. The van der Waals surface area contributed by atoms with Crippen LogP contribution in [0.15, 0.2) is 0 Å². The standard InChI is InChI=1S/C14H29N3O2/c1-14(2,3)19-13(18)17-8-4-7-16-11-12-5-9-15-10-6-12/h12,15-16H,4-11H2,1-3H3,(H,17,18). The summed E-state index contributed by atoms with van der Waals surface area (Å²) in [6, 6.07) is 0. The third-order valence-corrected chi connectivity index (χ3v) is 3.09. The van der Waals surface area contributed by atoms with E-state index in [0.29, 0.717) is 6.54 Å². The van der Waals surface area contributed by atoms with Gasteiger partial charge >= 0.3 is 6.09 Å². The van der Waals surface area contributed by atoms with Crippen LogP contribution in [0.25, 0.3) is 0 Å². The van der Waals surface area contributed by atoms with E-state index in [1.54, 1.807) is 0 Å². The van der Waals surface area contributed by atoms with Crippen LogP contribution in [-0.2, 0) is 4.74 Å². The summed E-state index contributed by atoms with van der Waals surface area (Å²) in [4.78, 5) is 11.4. The van der Waals surface area contributed by atoms with E-state index >= 15 is 0 Å². The molecule has 0 aromatic heterocycles. The Morgan fingerprint density at radius 1 is 1.26 bits per heavy atom. The van der Waals surface area contributed by atoms with Gasteiger partial charge in [0.15, 0.2) is 0 Å². The summed E-state index contributed by atoms with van der Waals surface area (Å²) in [5, 5.41) is 9.59. The number of ether oxygens (including phenoxy) is 1.